The summed E-state index contributed by atoms with van der Waals surface area (Å²) in [4.78, 5) is 11.0. The number of anilines is 1. The smallest absolute Gasteiger partial charge is 0.335 e. The van der Waals surface area contributed by atoms with Crippen LogP contribution in [0.25, 0.3) is 0 Å². The number of aromatic carboxylic acids is 1. The fourth-order valence-corrected chi connectivity index (χ4v) is 3.37. The van der Waals surface area contributed by atoms with Gasteiger partial charge < -0.3 is 10.4 Å². The first-order chi connectivity index (χ1) is 9.57. The van der Waals surface area contributed by atoms with Crippen molar-refractivity contribution in [2.24, 2.45) is 0 Å². The molecule has 0 aliphatic rings. The molecule has 6 nitrogen and oxygen atoms in total. The van der Waals surface area contributed by atoms with E-state index in [0.29, 0.717) is 12.2 Å². The van der Waals surface area contributed by atoms with Crippen LogP contribution >= 0.6 is 0 Å². The fourth-order valence-electron chi connectivity index (χ4n) is 1.74. The third kappa shape index (κ3) is 5.02. The number of hydrogen-bond donors (Lipinski definition) is 3. The van der Waals surface area contributed by atoms with Crippen molar-refractivity contribution in [3.05, 3.63) is 23.8 Å². The molecule has 0 radical (unpaired) electrons. The monoisotopic (exact) mass is 314 g/mol. The van der Waals surface area contributed by atoms with E-state index >= 15 is 0 Å². The fraction of sp³-hybridized carbons (Fsp3) is 0.500. The summed E-state index contributed by atoms with van der Waals surface area (Å²) >= 11 is 0. The highest BCUT2D eigenvalue weighted by Crippen LogP contribution is 2.24. The first kappa shape index (κ1) is 17.5. The normalized spacial score (nSPS) is 12.2. The Morgan fingerprint density at radius 1 is 1.29 bits per heavy atom. The Hall–Kier alpha value is -1.60. The topological polar surface area (TPSA) is 95.5 Å². The van der Waals surface area contributed by atoms with Gasteiger partial charge in [-0.2, -0.15) is 0 Å². The second-order valence-electron chi connectivity index (χ2n) is 5.80. The molecular weight excluding hydrogens is 292 g/mol. The molecule has 0 aliphatic heterocycles. The zero-order chi connectivity index (χ0) is 16.3. The minimum absolute atomic E-state index is 0.0502. The quantitative estimate of drug-likeness (QED) is 0.748. The minimum Gasteiger partial charge on any atom is -0.478 e. The minimum atomic E-state index is -3.81. The standard InChI is InChI=1S/C14H22N2O4S/c1-5-8-15-11-7-6-10(13(17)18)9-12(11)21(19,20)16-14(2,3)4/h6-7,9,15-16H,5,8H2,1-4H3,(H,17,18). The van der Waals surface area contributed by atoms with Gasteiger partial charge in [-0.1, -0.05) is 6.92 Å². The summed E-state index contributed by atoms with van der Waals surface area (Å²) in [7, 11) is -3.81. The average molecular weight is 314 g/mol. The molecular formula is C14H22N2O4S. The zero-order valence-corrected chi connectivity index (χ0v) is 13.5. The van der Waals surface area contributed by atoms with Gasteiger partial charge in [0.05, 0.1) is 11.3 Å². The molecule has 1 aromatic carbocycles. The summed E-state index contributed by atoms with van der Waals surface area (Å²) in [5, 5.41) is 12.0. The highest BCUT2D eigenvalue weighted by atomic mass is 32.2. The van der Waals surface area contributed by atoms with Gasteiger partial charge in [-0.3, -0.25) is 0 Å². The van der Waals surface area contributed by atoms with Crippen LogP contribution in [-0.2, 0) is 10.0 Å². The van der Waals surface area contributed by atoms with E-state index in [0.717, 1.165) is 6.42 Å². The van der Waals surface area contributed by atoms with Gasteiger partial charge in [-0.15, -0.1) is 0 Å². The van der Waals surface area contributed by atoms with Gasteiger partial charge in [0.25, 0.3) is 0 Å². The number of hydrogen-bond acceptors (Lipinski definition) is 4. The highest BCUT2D eigenvalue weighted by molar-refractivity contribution is 7.89. The van der Waals surface area contributed by atoms with Gasteiger partial charge in [0.1, 0.15) is 4.90 Å². The summed E-state index contributed by atoms with van der Waals surface area (Å²) in [6.45, 7) is 7.74. The maximum Gasteiger partial charge on any atom is 0.335 e. The van der Waals surface area contributed by atoms with Crippen LogP contribution in [0, 0.1) is 0 Å². The van der Waals surface area contributed by atoms with Crippen molar-refractivity contribution in [2.45, 2.75) is 44.6 Å². The van der Waals surface area contributed by atoms with Crippen molar-refractivity contribution >= 4 is 21.7 Å². The van der Waals surface area contributed by atoms with Crippen molar-refractivity contribution in [1.82, 2.24) is 4.72 Å². The van der Waals surface area contributed by atoms with E-state index in [1.54, 1.807) is 20.8 Å². The van der Waals surface area contributed by atoms with E-state index < -0.39 is 21.5 Å². The van der Waals surface area contributed by atoms with E-state index in [-0.39, 0.29) is 10.5 Å². The third-order valence-electron chi connectivity index (χ3n) is 2.52. The number of nitrogens with one attached hydrogen (secondary N) is 2. The van der Waals surface area contributed by atoms with Crippen molar-refractivity contribution in [2.75, 3.05) is 11.9 Å². The van der Waals surface area contributed by atoms with E-state index in [1.807, 2.05) is 6.92 Å². The average Bonchev–Trinajstić information content (AvgIpc) is 2.33. The molecule has 0 spiro atoms. The van der Waals surface area contributed by atoms with Gasteiger partial charge in [0.15, 0.2) is 0 Å². The SMILES string of the molecule is CCCNc1ccc(C(=O)O)cc1S(=O)(=O)NC(C)(C)C. The number of carbonyl (C=O) groups is 1. The van der Waals surface area contributed by atoms with Crippen molar-refractivity contribution in [1.29, 1.82) is 0 Å². The Kier molecular flexibility index (Phi) is 5.36. The molecule has 1 aromatic rings. The second-order valence-corrected chi connectivity index (χ2v) is 7.45. The van der Waals surface area contributed by atoms with Gasteiger partial charge >= 0.3 is 5.97 Å². The highest BCUT2D eigenvalue weighted by Gasteiger charge is 2.25. The Morgan fingerprint density at radius 3 is 2.38 bits per heavy atom. The Morgan fingerprint density at radius 2 is 1.90 bits per heavy atom. The van der Waals surface area contributed by atoms with Crippen LogP contribution in [0.15, 0.2) is 23.1 Å². The lowest BCUT2D eigenvalue weighted by Gasteiger charge is -2.22. The lowest BCUT2D eigenvalue weighted by atomic mass is 10.1. The lowest BCUT2D eigenvalue weighted by molar-refractivity contribution is 0.0696. The Labute approximate surface area is 125 Å². The summed E-state index contributed by atoms with van der Waals surface area (Å²) in [6.07, 6.45) is 0.826. The van der Waals surface area contributed by atoms with E-state index in [9.17, 15) is 13.2 Å². The van der Waals surface area contributed by atoms with Crippen molar-refractivity contribution in [3.8, 4) is 0 Å². The largest absolute Gasteiger partial charge is 0.478 e. The molecule has 3 N–H and O–H groups in total. The molecule has 0 saturated heterocycles. The molecule has 0 saturated carbocycles. The molecule has 0 aliphatic carbocycles. The first-order valence-electron chi connectivity index (χ1n) is 6.72. The van der Waals surface area contributed by atoms with Crippen LogP contribution in [0.3, 0.4) is 0 Å². The van der Waals surface area contributed by atoms with Crippen LogP contribution in [0.2, 0.25) is 0 Å². The molecule has 0 unspecified atom stereocenters. The predicted molar refractivity (Wildman–Crippen MR) is 82.3 cm³/mol. The van der Waals surface area contributed by atoms with Gasteiger partial charge in [-0.05, 0) is 45.4 Å². The van der Waals surface area contributed by atoms with E-state index in [4.69, 9.17) is 5.11 Å². The van der Waals surface area contributed by atoms with Crippen LogP contribution in [0.5, 0.6) is 0 Å². The summed E-state index contributed by atoms with van der Waals surface area (Å²) in [6, 6.07) is 4.04. The lowest BCUT2D eigenvalue weighted by Crippen LogP contribution is -2.40. The molecule has 21 heavy (non-hydrogen) atoms. The number of rotatable bonds is 6. The summed E-state index contributed by atoms with van der Waals surface area (Å²) < 4.78 is 27.5. The molecule has 0 amide bonds. The first-order valence-corrected chi connectivity index (χ1v) is 8.20. The van der Waals surface area contributed by atoms with Crippen molar-refractivity contribution < 1.29 is 18.3 Å². The molecule has 0 atom stereocenters. The van der Waals surface area contributed by atoms with Crippen LogP contribution < -0.4 is 10.0 Å². The molecule has 0 fully saturated rings. The number of carboxylic acid groups (broad SMARTS) is 1. The maximum absolute atomic E-state index is 12.5. The van der Waals surface area contributed by atoms with Gasteiger partial charge in [0.2, 0.25) is 10.0 Å². The molecule has 7 heteroatoms. The van der Waals surface area contributed by atoms with Crippen molar-refractivity contribution in [3.63, 3.8) is 0 Å². The number of sulfonamides is 1. The zero-order valence-electron chi connectivity index (χ0n) is 12.7. The Balaban J connectivity index is 3.34. The van der Waals surface area contributed by atoms with Crippen LogP contribution in [0.4, 0.5) is 5.69 Å². The van der Waals surface area contributed by atoms with Crippen LogP contribution in [-0.4, -0.2) is 31.6 Å². The number of benzene rings is 1. The van der Waals surface area contributed by atoms with Crippen LogP contribution in [0.1, 0.15) is 44.5 Å². The Bertz CT molecular complexity index is 618. The molecule has 0 aromatic heterocycles. The summed E-state index contributed by atoms with van der Waals surface area (Å²) in [5.41, 5.74) is -0.315. The summed E-state index contributed by atoms with van der Waals surface area (Å²) in [5.74, 6) is -1.16. The maximum atomic E-state index is 12.5. The molecule has 1 rings (SSSR count). The molecule has 118 valence electrons. The molecule has 0 heterocycles. The van der Waals surface area contributed by atoms with E-state index in [1.165, 1.54) is 18.2 Å². The van der Waals surface area contributed by atoms with E-state index in [2.05, 4.69) is 10.0 Å². The van der Waals surface area contributed by atoms with Gasteiger partial charge in [-0.25, -0.2) is 17.9 Å². The second kappa shape index (κ2) is 6.44. The van der Waals surface area contributed by atoms with Gasteiger partial charge in [0, 0.05) is 12.1 Å². The molecule has 0 bridgehead atoms. The number of carboxylic acids is 1. The predicted octanol–water partition coefficient (Wildman–Crippen LogP) is 2.28. The third-order valence-corrected chi connectivity index (χ3v) is 4.32.